The predicted octanol–water partition coefficient (Wildman–Crippen LogP) is 8.75. The molecule has 0 atom stereocenters. The molecule has 0 spiro atoms. The Kier molecular flexibility index (Phi) is 11.6. The van der Waals surface area contributed by atoms with Crippen LogP contribution in [0, 0.1) is 0 Å². The minimum absolute atomic E-state index is 0.583. The highest BCUT2D eigenvalue weighted by atomic mass is 16.5. The summed E-state index contributed by atoms with van der Waals surface area (Å²) in [6, 6.07) is 17.0. The summed E-state index contributed by atoms with van der Waals surface area (Å²) in [4.78, 5) is 9.13. The third-order valence-electron chi connectivity index (χ3n) is 6.38. The summed E-state index contributed by atoms with van der Waals surface area (Å²) < 4.78 is 6.00. The summed E-state index contributed by atoms with van der Waals surface area (Å²) in [6.45, 7) is 5.09. The highest BCUT2D eigenvalue weighted by Gasteiger charge is 2.04. The zero-order valence-corrected chi connectivity index (χ0v) is 21.3. The number of benzene rings is 2. The van der Waals surface area contributed by atoms with E-state index in [-0.39, 0.29) is 0 Å². The predicted molar refractivity (Wildman–Crippen MR) is 143 cm³/mol. The first kappa shape index (κ1) is 25.9. The first-order valence-electron chi connectivity index (χ1n) is 13.4. The molecule has 0 saturated heterocycles. The van der Waals surface area contributed by atoms with Crippen molar-refractivity contribution in [2.24, 2.45) is 0 Å². The van der Waals surface area contributed by atoms with E-state index >= 15 is 0 Å². The van der Waals surface area contributed by atoms with Gasteiger partial charge in [-0.1, -0.05) is 89.5 Å². The largest absolute Gasteiger partial charge is 0.489 e. The summed E-state index contributed by atoms with van der Waals surface area (Å²) in [5, 5.41) is 0. The quantitative estimate of drug-likeness (QED) is 0.201. The number of aromatic nitrogens is 2. The van der Waals surface area contributed by atoms with Gasteiger partial charge in [-0.15, -0.1) is 0 Å². The van der Waals surface area contributed by atoms with Crippen LogP contribution in [0.15, 0.2) is 60.9 Å². The van der Waals surface area contributed by atoms with Crippen molar-refractivity contribution in [2.75, 3.05) is 0 Å². The number of ether oxygens (including phenoxy) is 1. The van der Waals surface area contributed by atoms with E-state index in [4.69, 9.17) is 4.74 Å². The van der Waals surface area contributed by atoms with E-state index in [0.717, 1.165) is 23.6 Å². The molecule has 34 heavy (non-hydrogen) atoms. The van der Waals surface area contributed by atoms with Crippen LogP contribution in [-0.4, -0.2) is 9.97 Å². The number of hydrogen-bond acceptors (Lipinski definition) is 3. The van der Waals surface area contributed by atoms with Crippen LogP contribution in [0.25, 0.3) is 11.4 Å². The second kappa shape index (κ2) is 15.3. The zero-order valence-electron chi connectivity index (χ0n) is 21.3. The van der Waals surface area contributed by atoms with E-state index in [1.165, 1.54) is 87.3 Å². The van der Waals surface area contributed by atoms with Crippen LogP contribution in [0.3, 0.4) is 0 Å². The number of hydrogen-bond donors (Lipinski definition) is 0. The molecule has 3 nitrogen and oxygen atoms in total. The molecule has 0 aliphatic rings. The van der Waals surface area contributed by atoms with Gasteiger partial charge >= 0.3 is 0 Å². The standard InChI is InChI=1S/C31H42N2O/c1-3-5-7-9-10-12-13-26-15-17-27(18-16-26)25-34-30-21-19-29(20-22-30)31-32-23-28(24-33-31)14-11-8-6-4-2/h15-24H,3-14,25H2,1-2H3. The van der Waals surface area contributed by atoms with Gasteiger partial charge in [0.15, 0.2) is 5.82 Å². The molecule has 2 aromatic carbocycles. The zero-order chi connectivity index (χ0) is 23.8. The SMILES string of the molecule is CCCCCCCCc1ccc(COc2ccc(-c3ncc(CCCCCC)cn3)cc2)cc1. The van der Waals surface area contributed by atoms with Gasteiger partial charge in [0.2, 0.25) is 0 Å². The van der Waals surface area contributed by atoms with E-state index in [0.29, 0.717) is 6.61 Å². The smallest absolute Gasteiger partial charge is 0.159 e. The monoisotopic (exact) mass is 458 g/mol. The molecule has 0 N–H and O–H groups in total. The highest BCUT2D eigenvalue weighted by Crippen LogP contribution is 2.21. The molecule has 1 aromatic heterocycles. The van der Waals surface area contributed by atoms with Crippen molar-refractivity contribution in [3.05, 3.63) is 77.6 Å². The summed E-state index contributed by atoms with van der Waals surface area (Å²) in [5.74, 6) is 1.64. The number of aryl methyl sites for hydroxylation is 2. The molecule has 1 heterocycles. The fourth-order valence-corrected chi connectivity index (χ4v) is 4.17. The minimum Gasteiger partial charge on any atom is -0.489 e. The molecule has 0 saturated carbocycles. The van der Waals surface area contributed by atoms with Crippen molar-refractivity contribution in [3.63, 3.8) is 0 Å². The van der Waals surface area contributed by atoms with Crippen molar-refractivity contribution in [3.8, 4) is 17.1 Å². The maximum atomic E-state index is 6.00. The van der Waals surface area contributed by atoms with Gasteiger partial charge in [-0.05, 0) is 66.6 Å². The molecule has 0 aliphatic carbocycles. The Morgan fingerprint density at radius 1 is 0.559 bits per heavy atom. The van der Waals surface area contributed by atoms with Gasteiger partial charge in [-0.25, -0.2) is 9.97 Å². The molecule has 3 heteroatoms. The molecule has 0 bridgehead atoms. The number of unbranched alkanes of at least 4 members (excludes halogenated alkanes) is 8. The lowest BCUT2D eigenvalue weighted by atomic mass is 10.0. The van der Waals surface area contributed by atoms with Gasteiger partial charge in [0.1, 0.15) is 12.4 Å². The van der Waals surface area contributed by atoms with Gasteiger partial charge in [0.25, 0.3) is 0 Å². The van der Waals surface area contributed by atoms with Crippen molar-refractivity contribution in [1.82, 2.24) is 9.97 Å². The summed E-state index contributed by atoms with van der Waals surface area (Å²) in [7, 11) is 0. The summed E-state index contributed by atoms with van der Waals surface area (Å²) >= 11 is 0. The maximum absolute atomic E-state index is 6.00. The van der Waals surface area contributed by atoms with E-state index in [1.807, 2.05) is 36.7 Å². The minimum atomic E-state index is 0.583. The van der Waals surface area contributed by atoms with Crippen LogP contribution in [0.1, 0.15) is 94.7 Å². The van der Waals surface area contributed by atoms with Crippen LogP contribution in [0.2, 0.25) is 0 Å². The first-order valence-corrected chi connectivity index (χ1v) is 13.4. The molecular formula is C31H42N2O. The van der Waals surface area contributed by atoms with Crippen LogP contribution in [0.4, 0.5) is 0 Å². The average Bonchev–Trinajstić information content (AvgIpc) is 2.89. The van der Waals surface area contributed by atoms with Crippen molar-refractivity contribution in [1.29, 1.82) is 0 Å². The number of nitrogens with zero attached hydrogens (tertiary/aromatic N) is 2. The molecule has 0 aliphatic heterocycles. The Hall–Kier alpha value is -2.68. The Morgan fingerprint density at radius 3 is 1.74 bits per heavy atom. The summed E-state index contributed by atoms with van der Waals surface area (Å²) in [6.07, 6.45) is 19.3. The van der Waals surface area contributed by atoms with Gasteiger partial charge in [0.05, 0.1) is 0 Å². The van der Waals surface area contributed by atoms with Crippen LogP contribution >= 0.6 is 0 Å². The second-order valence-corrected chi connectivity index (χ2v) is 9.37. The summed E-state index contributed by atoms with van der Waals surface area (Å²) in [5.41, 5.74) is 4.87. The number of rotatable bonds is 16. The lowest BCUT2D eigenvalue weighted by Gasteiger charge is -2.08. The van der Waals surface area contributed by atoms with E-state index in [1.54, 1.807) is 0 Å². The molecule has 0 radical (unpaired) electrons. The Balaban J connectivity index is 1.40. The first-order chi connectivity index (χ1) is 16.8. The third-order valence-corrected chi connectivity index (χ3v) is 6.38. The molecule has 0 fully saturated rings. The van der Waals surface area contributed by atoms with Gasteiger partial charge in [-0.2, -0.15) is 0 Å². The van der Waals surface area contributed by atoms with Gasteiger partial charge < -0.3 is 4.74 Å². The van der Waals surface area contributed by atoms with Crippen LogP contribution < -0.4 is 4.74 Å². The van der Waals surface area contributed by atoms with E-state index < -0.39 is 0 Å². The molecule has 0 amide bonds. The molecule has 3 aromatic rings. The van der Waals surface area contributed by atoms with Crippen LogP contribution in [-0.2, 0) is 19.4 Å². The lowest BCUT2D eigenvalue weighted by molar-refractivity contribution is 0.306. The fraction of sp³-hybridized carbons (Fsp3) is 0.484. The van der Waals surface area contributed by atoms with Crippen LogP contribution in [0.5, 0.6) is 5.75 Å². The van der Waals surface area contributed by atoms with E-state index in [9.17, 15) is 0 Å². The Labute approximate surface area is 207 Å². The molecule has 3 rings (SSSR count). The lowest BCUT2D eigenvalue weighted by Crippen LogP contribution is -1.96. The average molecular weight is 459 g/mol. The van der Waals surface area contributed by atoms with Gasteiger partial charge in [-0.3, -0.25) is 0 Å². The molecular weight excluding hydrogens is 416 g/mol. The highest BCUT2D eigenvalue weighted by molar-refractivity contribution is 5.55. The Morgan fingerprint density at radius 2 is 1.09 bits per heavy atom. The van der Waals surface area contributed by atoms with Crippen molar-refractivity contribution < 1.29 is 4.74 Å². The van der Waals surface area contributed by atoms with Gasteiger partial charge in [0, 0.05) is 18.0 Å². The van der Waals surface area contributed by atoms with Crippen molar-refractivity contribution >= 4 is 0 Å². The second-order valence-electron chi connectivity index (χ2n) is 9.37. The molecule has 182 valence electrons. The van der Waals surface area contributed by atoms with Crippen molar-refractivity contribution in [2.45, 2.75) is 97.5 Å². The Bertz CT molecular complexity index is 917. The van der Waals surface area contributed by atoms with E-state index in [2.05, 4.69) is 48.1 Å². The fourth-order valence-electron chi connectivity index (χ4n) is 4.17. The third kappa shape index (κ3) is 9.29. The topological polar surface area (TPSA) is 35.0 Å². The normalized spacial score (nSPS) is 11.0. The molecule has 0 unspecified atom stereocenters. The maximum Gasteiger partial charge on any atom is 0.159 e.